The molecule has 0 aliphatic heterocycles. The third-order valence-electron chi connectivity index (χ3n) is 5.17. The van der Waals surface area contributed by atoms with Crippen LogP contribution in [0.2, 0.25) is 0 Å². The Morgan fingerprint density at radius 1 is 0.882 bits per heavy atom. The van der Waals surface area contributed by atoms with Gasteiger partial charge in [-0.1, -0.05) is 25.7 Å². The Hall–Kier alpha value is -0.0800. The first-order valence-electron chi connectivity index (χ1n) is 7.37. The van der Waals surface area contributed by atoms with E-state index in [1.165, 1.54) is 51.4 Å². The van der Waals surface area contributed by atoms with Crippen LogP contribution in [0.5, 0.6) is 0 Å². The average molecular weight is 240 g/mol. The van der Waals surface area contributed by atoms with Crippen LogP contribution in [0.4, 0.5) is 0 Å². The number of methoxy groups -OCH3 is 2. The highest BCUT2D eigenvalue weighted by Gasteiger charge is 2.46. The van der Waals surface area contributed by atoms with Crippen molar-refractivity contribution in [1.29, 1.82) is 0 Å². The Kier molecular flexibility index (Phi) is 4.87. The summed E-state index contributed by atoms with van der Waals surface area (Å²) in [5.74, 6) is 1.57. The standard InChI is InChI=1S/C15H28O2/c1-16-12-11-15(17-2,13-7-3-4-8-13)14-9-5-6-10-14/h13-14H,3-12H2,1-2H3. The maximum atomic E-state index is 6.13. The number of hydrogen-bond donors (Lipinski definition) is 0. The molecular formula is C15H28O2. The quantitative estimate of drug-likeness (QED) is 0.703. The molecule has 0 spiro atoms. The van der Waals surface area contributed by atoms with Crippen LogP contribution < -0.4 is 0 Å². The van der Waals surface area contributed by atoms with Gasteiger partial charge in [0.25, 0.3) is 0 Å². The molecule has 0 aromatic carbocycles. The molecule has 0 amide bonds. The Labute approximate surface area is 106 Å². The molecule has 2 heteroatoms. The SMILES string of the molecule is COCCC(OC)(C1CCCC1)C1CCCC1. The zero-order chi connectivity index (χ0) is 12.1. The zero-order valence-electron chi connectivity index (χ0n) is 11.5. The highest BCUT2D eigenvalue weighted by molar-refractivity contribution is 4.97. The van der Waals surface area contributed by atoms with Crippen molar-refractivity contribution in [2.75, 3.05) is 20.8 Å². The van der Waals surface area contributed by atoms with E-state index in [2.05, 4.69) is 0 Å². The second kappa shape index (κ2) is 6.19. The predicted octanol–water partition coefficient (Wildman–Crippen LogP) is 3.79. The van der Waals surface area contributed by atoms with Gasteiger partial charge >= 0.3 is 0 Å². The van der Waals surface area contributed by atoms with Gasteiger partial charge in [0, 0.05) is 27.2 Å². The minimum atomic E-state index is 0.128. The summed E-state index contributed by atoms with van der Waals surface area (Å²) in [6.45, 7) is 0.848. The molecule has 2 rings (SSSR count). The first-order chi connectivity index (χ1) is 8.33. The number of ether oxygens (including phenoxy) is 2. The Bertz CT molecular complexity index is 199. The molecule has 0 radical (unpaired) electrons. The molecular weight excluding hydrogens is 212 g/mol. The molecule has 100 valence electrons. The minimum Gasteiger partial charge on any atom is -0.385 e. The van der Waals surface area contributed by atoms with E-state index in [1.807, 2.05) is 14.2 Å². The van der Waals surface area contributed by atoms with Crippen LogP contribution in [0.1, 0.15) is 57.8 Å². The summed E-state index contributed by atoms with van der Waals surface area (Å²) in [4.78, 5) is 0. The Balaban J connectivity index is 2.11. The lowest BCUT2D eigenvalue weighted by atomic mass is 9.73. The predicted molar refractivity (Wildman–Crippen MR) is 70.1 cm³/mol. The van der Waals surface area contributed by atoms with E-state index < -0.39 is 0 Å². The van der Waals surface area contributed by atoms with Gasteiger partial charge in [-0.3, -0.25) is 0 Å². The summed E-state index contributed by atoms with van der Waals surface area (Å²) in [5.41, 5.74) is 0.128. The highest BCUT2D eigenvalue weighted by Crippen LogP contribution is 2.48. The highest BCUT2D eigenvalue weighted by atomic mass is 16.5. The molecule has 0 aromatic heterocycles. The summed E-state index contributed by atoms with van der Waals surface area (Å²) in [6, 6.07) is 0. The molecule has 2 aliphatic rings. The van der Waals surface area contributed by atoms with Crippen LogP contribution in [-0.4, -0.2) is 26.4 Å². The summed E-state index contributed by atoms with van der Waals surface area (Å²) in [7, 11) is 3.75. The van der Waals surface area contributed by atoms with Crippen LogP contribution in [-0.2, 0) is 9.47 Å². The second-order valence-electron chi connectivity index (χ2n) is 5.86. The van der Waals surface area contributed by atoms with Crippen LogP contribution in [0.25, 0.3) is 0 Å². The van der Waals surface area contributed by atoms with Gasteiger partial charge in [0.05, 0.1) is 5.60 Å². The van der Waals surface area contributed by atoms with Crippen molar-refractivity contribution < 1.29 is 9.47 Å². The van der Waals surface area contributed by atoms with Crippen molar-refractivity contribution >= 4 is 0 Å². The largest absolute Gasteiger partial charge is 0.385 e. The van der Waals surface area contributed by atoms with Gasteiger partial charge < -0.3 is 9.47 Å². The van der Waals surface area contributed by atoms with Crippen molar-refractivity contribution in [3.8, 4) is 0 Å². The van der Waals surface area contributed by atoms with Crippen LogP contribution >= 0.6 is 0 Å². The van der Waals surface area contributed by atoms with Crippen molar-refractivity contribution in [2.24, 2.45) is 11.8 Å². The first kappa shape index (κ1) is 13.4. The number of rotatable bonds is 6. The van der Waals surface area contributed by atoms with Crippen molar-refractivity contribution in [1.82, 2.24) is 0 Å². The second-order valence-corrected chi connectivity index (χ2v) is 5.86. The van der Waals surface area contributed by atoms with Gasteiger partial charge in [-0.15, -0.1) is 0 Å². The topological polar surface area (TPSA) is 18.5 Å². The fourth-order valence-corrected chi connectivity index (χ4v) is 4.27. The zero-order valence-corrected chi connectivity index (χ0v) is 11.5. The maximum Gasteiger partial charge on any atom is 0.0756 e. The average Bonchev–Trinajstić information content (AvgIpc) is 3.04. The summed E-state index contributed by atoms with van der Waals surface area (Å²) in [5, 5.41) is 0. The van der Waals surface area contributed by atoms with E-state index in [0.29, 0.717) is 0 Å². The third kappa shape index (κ3) is 2.68. The van der Waals surface area contributed by atoms with Gasteiger partial charge in [-0.05, 0) is 37.5 Å². The van der Waals surface area contributed by atoms with Crippen LogP contribution in [0, 0.1) is 11.8 Å². The fraction of sp³-hybridized carbons (Fsp3) is 1.00. The van der Waals surface area contributed by atoms with Crippen molar-refractivity contribution in [3.63, 3.8) is 0 Å². The van der Waals surface area contributed by atoms with E-state index in [1.54, 1.807) is 0 Å². The molecule has 0 atom stereocenters. The Morgan fingerprint density at radius 2 is 1.35 bits per heavy atom. The molecule has 2 nitrogen and oxygen atoms in total. The normalized spacial score (nSPS) is 23.6. The molecule has 17 heavy (non-hydrogen) atoms. The lowest BCUT2D eigenvalue weighted by molar-refractivity contribution is -0.114. The number of hydrogen-bond acceptors (Lipinski definition) is 2. The minimum absolute atomic E-state index is 0.128. The third-order valence-corrected chi connectivity index (χ3v) is 5.17. The van der Waals surface area contributed by atoms with Gasteiger partial charge in [0.1, 0.15) is 0 Å². The van der Waals surface area contributed by atoms with Gasteiger partial charge in [-0.25, -0.2) is 0 Å². The lowest BCUT2D eigenvalue weighted by Gasteiger charge is -2.43. The van der Waals surface area contributed by atoms with Gasteiger partial charge in [0.15, 0.2) is 0 Å². The molecule has 2 aliphatic carbocycles. The molecule has 0 aromatic rings. The van der Waals surface area contributed by atoms with Crippen molar-refractivity contribution in [3.05, 3.63) is 0 Å². The molecule has 0 heterocycles. The van der Waals surface area contributed by atoms with E-state index in [4.69, 9.17) is 9.47 Å². The summed E-state index contributed by atoms with van der Waals surface area (Å²) >= 11 is 0. The Morgan fingerprint density at radius 3 is 1.71 bits per heavy atom. The monoisotopic (exact) mass is 240 g/mol. The molecule has 0 N–H and O–H groups in total. The lowest BCUT2D eigenvalue weighted by Crippen LogP contribution is -2.46. The first-order valence-corrected chi connectivity index (χ1v) is 7.37. The van der Waals surface area contributed by atoms with Crippen molar-refractivity contribution in [2.45, 2.75) is 63.4 Å². The van der Waals surface area contributed by atoms with Crippen LogP contribution in [0.3, 0.4) is 0 Å². The smallest absolute Gasteiger partial charge is 0.0756 e. The fourth-order valence-electron chi connectivity index (χ4n) is 4.27. The molecule has 0 bridgehead atoms. The molecule has 0 saturated heterocycles. The van der Waals surface area contributed by atoms with E-state index in [-0.39, 0.29) is 5.60 Å². The summed E-state index contributed by atoms with van der Waals surface area (Å²) < 4.78 is 11.5. The summed E-state index contributed by atoms with van der Waals surface area (Å²) in [6.07, 6.45) is 12.2. The van der Waals surface area contributed by atoms with E-state index in [9.17, 15) is 0 Å². The van der Waals surface area contributed by atoms with Gasteiger partial charge in [0.2, 0.25) is 0 Å². The van der Waals surface area contributed by atoms with Gasteiger partial charge in [-0.2, -0.15) is 0 Å². The van der Waals surface area contributed by atoms with E-state index >= 15 is 0 Å². The van der Waals surface area contributed by atoms with Crippen LogP contribution in [0.15, 0.2) is 0 Å². The molecule has 2 fully saturated rings. The maximum absolute atomic E-state index is 6.13. The van der Waals surface area contributed by atoms with E-state index in [0.717, 1.165) is 24.9 Å². The molecule has 2 saturated carbocycles. The molecule has 0 unspecified atom stereocenters.